The van der Waals surface area contributed by atoms with Crippen LogP contribution in [0.3, 0.4) is 0 Å². The number of hydrogen-bond acceptors (Lipinski definition) is 4. The van der Waals surface area contributed by atoms with Gasteiger partial charge in [0.25, 0.3) is 10.0 Å². The second-order valence-electron chi connectivity index (χ2n) is 4.92. The molecular formula is C13H11F3N2O3S. The molecule has 0 spiro atoms. The van der Waals surface area contributed by atoms with Gasteiger partial charge in [0.1, 0.15) is 0 Å². The summed E-state index contributed by atoms with van der Waals surface area (Å²) >= 11 is 0. The van der Waals surface area contributed by atoms with Crippen molar-refractivity contribution in [3.05, 3.63) is 29.3 Å². The number of carbonyl (C=O) groups is 1. The molecule has 2 rings (SSSR count). The predicted molar refractivity (Wildman–Crippen MR) is 68.8 cm³/mol. The minimum absolute atomic E-state index is 0.323. The second kappa shape index (κ2) is 5.61. The summed E-state index contributed by atoms with van der Waals surface area (Å²) in [5, 5.41) is 8.64. The quantitative estimate of drug-likeness (QED) is 0.919. The van der Waals surface area contributed by atoms with Gasteiger partial charge in [-0.2, -0.15) is 18.4 Å². The summed E-state index contributed by atoms with van der Waals surface area (Å²) in [7, 11) is -4.65. The van der Waals surface area contributed by atoms with Gasteiger partial charge < -0.3 is 0 Å². The average Bonchev–Trinajstić information content (AvgIpc) is 2.34. The van der Waals surface area contributed by atoms with E-state index in [2.05, 4.69) is 0 Å². The first kappa shape index (κ1) is 16.3. The molecule has 1 aromatic carbocycles. The number of amides is 1. The van der Waals surface area contributed by atoms with E-state index in [1.54, 1.807) is 4.72 Å². The first-order chi connectivity index (χ1) is 10.1. The molecule has 1 aliphatic carbocycles. The topological polar surface area (TPSA) is 87.0 Å². The van der Waals surface area contributed by atoms with Gasteiger partial charge in [-0.25, -0.2) is 13.1 Å². The number of benzene rings is 1. The molecule has 118 valence electrons. The number of sulfonamides is 1. The van der Waals surface area contributed by atoms with Crippen LogP contribution in [0.25, 0.3) is 0 Å². The molecule has 1 fully saturated rings. The Bertz CT molecular complexity index is 747. The van der Waals surface area contributed by atoms with Gasteiger partial charge in [-0.15, -0.1) is 0 Å². The Hall–Kier alpha value is -2.08. The lowest BCUT2D eigenvalue weighted by Crippen LogP contribution is -2.39. The molecule has 1 N–H and O–H groups in total. The van der Waals surface area contributed by atoms with E-state index in [1.807, 2.05) is 0 Å². The summed E-state index contributed by atoms with van der Waals surface area (Å²) in [5.74, 6) is -1.29. The average molecular weight is 332 g/mol. The molecule has 9 heteroatoms. The van der Waals surface area contributed by atoms with Crippen LogP contribution in [-0.4, -0.2) is 14.3 Å². The number of nitrogens with one attached hydrogen (secondary N) is 1. The molecule has 0 atom stereocenters. The zero-order valence-electron chi connectivity index (χ0n) is 11.1. The molecule has 1 amide bonds. The Balaban J connectivity index is 2.42. The van der Waals surface area contributed by atoms with Crippen LogP contribution >= 0.6 is 0 Å². The van der Waals surface area contributed by atoms with Crippen LogP contribution < -0.4 is 4.72 Å². The summed E-state index contributed by atoms with van der Waals surface area (Å²) in [6.45, 7) is 0. The van der Waals surface area contributed by atoms with Gasteiger partial charge in [-0.3, -0.25) is 4.79 Å². The van der Waals surface area contributed by atoms with Gasteiger partial charge in [0.2, 0.25) is 5.91 Å². The summed E-state index contributed by atoms with van der Waals surface area (Å²) in [5.41, 5.74) is -1.79. The molecular weight excluding hydrogens is 321 g/mol. The van der Waals surface area contributed by atoms with E-state index in [0.717, 1.165) is 12.5 Å². The Morgan fingerprint density at radius 1 is 1.32 bits per heavy atom. The molecule has 5 nitrogen and oxygen atoms in total. The molecule has 0 heterocycles. The summed E-state index contributed by atoms with van der Waals surface area (Å²) in [6, 6.07) is 3.59. The number of halogens is 3. The monoisotopic (exact) mass is 332 g/mol. The fourth-order valence-corrected chi connectivity index (χ4v) is 3.25. The van der Waals surface area contributed by atoms with Gasteiger partial charge in [0.05, 0.1) is 22.1 Å². The molecule has 1 saturated carbocycles. The van der Waals surface area contributed by atoms with Crippen molar-refractivity contribution in [3.63, 3.8) is 0 Å². The molecule has 0 aromatic heterocycles. The first-order valence-electron chi connectivity index (χ1n) is 6.33. The van der Waals surface area contributed by atoms with E-state index in [4.69, 9.17) is 5.26 Å². The fraction of sp³-hybridized carbons (Fsp3) is 0.385. The Labute approximate surface area is 124 Å². The van der Waals surface area contributed by atoms with E-state index in [1.165, 1.54) is 6.07 Å². The van der Waals surface area contributed by atoms with Crippen molar-refractivity contribution >= 4 is 15.9 Å². The third kappa shape index (κ3) is 3.22. The standard InChI is InChI=1S/C13H11F3N2O3S/c14-13(15,16)10-6-8(7-17)4-5-11(10)22(20,21)18-12(19)9-2-1-3-9/h4-6,9H,1-3H2,(H,18,19). The van der Waals surface area contributed by atoms with Crippen molar-refractivity contribution in [2.75, 3.05) is 0 Å². The molecule has 0 aliphatic heterocycles. The van der Waals surface area contributed by atoms with Gasteiger partial charge in [0.15, 0.2) is 0 Å². The number of rotatable bonds is 3. The minimum Gasteiger partial charge on any atom is -0.274 e. The highest BCUT2D eigenvalue weighted by molar-refractivity contribution is 7.90. The van der Waals surface area contributed by atoms with Gasteiger partial charge in [-0.05, 0) is 31.0 Å². The number of carbonyl (C=O) groups excluding carboxylic acids is 1. The molecule has 0 saturated heterocycles. The van der Waals surface area contributed by atoms with Crippen LogP contribution in [0.15, 0.2) is 23.1 Å². The van der Waals surface area contributed by atoms with Crippen molar-refractivity contribution in [3.8, 4) is 6.07 Å². The zero-order valence-corrected chi connectivity index (χ0v) is 12.0. The first-order valence-corrected chi connectivity index (χ1v) is 7.81. The lowest BCUT2D eigenvalue weighted by molar-refractivity contribution is -0.140. The molecule has 0 bridgehead atoms. The number of hydrogen-bond donors (Lipinski definition) is 1. The normalized spacial score (nSPS) is 15.7. The van der Waals surface area contributed by atoms with Crippen LogP contribution in [0.5, 0.6) is 0 Å². The van der Waals surface area contributed by atoms with Gasteiger partial charge in [-0.1, -0.05) is 6.42 Å². The fourth-order valence-electron chi connectivity index (χ4n) is 2.00. The van der Waals surface area contributed by atoms with Crippen molar-refractivity contribution in [2.45, 2.75) is 30.3 Å². The van der Waals surface area contributed by atoms with E-state index in [0.29, 0.717) is 25.0 Å². The predicted octanol–water partition coefficient (Wildman–Crippen LogP) is 2.18. The Morgan fingerprint density at radius 2 is 1.95 bits per heavy atom. The van der Waals surface area contributed by atoms with Gasteiger partial charge in [0, 0.05) is 5.92 Å². The number of nitrogens with zero attached hydrogens (tertiary/aromatic N) is 1. The zero-order chi connectivity index (χ0) is 16.5. The molecule has 22 heavy (non-hydrogen) atoms. The van der Waals surface area contributed by atoms with E-state index in [9.17, 15) is 26.4 Å². The molecule has 0 unspecified atom stereocenters. The van der Waals surface area contributed by atoms with Crippen molar-refractivity contribution in [1.29, 1.82) is 5.26 Å². The Kier molecular flexibility index (Phi) is 4.15. The third-order valence-electron chi connectivity index (χ3n) is 3.41. The van der Waals surface area contributed by atoms with Gasteiger partial charge >= 0.3 is 6.18 Å². The van der Waals surface area contributed by atoms with Crippen LogP contribution in [-0.2, 0) is 21.0 Å². The second-order valence-corrected chi connectivity index (χ2v) is 6.57. The maximum Gasteiger partial charge on any atom is 0.417 e. The van der Waals surface area contributed by atoms with Crippen LogP contribution in [0.1, 0.15) is 30.4 Å². The Morgan fingerprint density at radius 3 is 2.41 bits per heavy atom. The highest BCUT2D eigenvalue weighted by Crippen LogP contribution is 2.35. The summed E-state index contributed by atoms with van der Waals surface area (Å²) in [6.07, 6.45) is -3.15. The maximum atomic E-state index is 13.0. The third-order valence-corrected chi connectivity index (χ3v) is 4.82. The summed E-state index contributed by atoms with van der Waals surface area (Å²) < 4.78 is 64.7. The SMILES string of the molecule is N#Cc1ccc(S(=O)(=O)NC(=O)C2CCC2)c(C(F)(F)F)c1. The van der Waals surface area contributed by atoms with E-state index >= 15 is 0 Å². The van der Waals surface area contributed by atoms with Crippen molar-refractivity contribution in [2.24, 2.45) is 5.92 Å². The molecule has 1 aromatic rings. The maximum absolute atomic E-state index is 13.0. The van der Waals surface area contributed by atoms with Crippen LogP contribution in [0.4, 0.5) is 13.2 Å². The van der Waals surface area contributed by atoms with Crippen molar-refractivity contribution in [1.82, 2.24) is 4.72 Å². The lowest BCUT2D eigenvalue weighted by Gasteiger charge is -2.24. The van der Waals surface area contributed by atoms with Crippen LogP contribution in [0, 0.1) is 17.2 Å². The summed E-state index contributed by atoms with van der Waals surface area (Å²) in [4.78, 5) is 10.6. The van der Waals surface area contributed by atoms with Crippen LogP contribution in [0.2, 0.25) is 0 Å². The lowest BCUT2D eigenvalue weighted by atomic mass is 9.85. The largest absolute Gasteiger partial charge is 0.417 e. The van der Waals surface area contributed by atoms with Crippen molar-refractivity contribution < 1.29 is 26.4 Å². The highest BCUT2D eigenvalue weighted by Gasteiger charge is 2.39. The number of alkyl halides is 3. The van der Waals surface area contributed by atoms with E-state index in [-0.39, 0.29) is 5.56 Å². The molecule has 0 radical (unpaired) electrons. The number of nitriles is 1. The smallest absolute Gasteiger partial charge is 0.274 e. The highest BCUT2D eigenvalue weighted by atomic mass is 32.2. The minimum atomic E-state index is -4.96. The van der Waals surface area contributed by atoms with E-state index < -0.39 is 38.5 Å². The molecule has 1 aliphatic rings.